The number of H-pyrrole nitrogens is 1. The fraction of sp³-hybridized carbons (Fsp3) is 0.267. The number of pyridine rings is 1. The molecule has 0 bridgehead atoms. The van der Waals surface area contributed by atoms with E-state index >= 15 is 0 Å². The van der Waals surface area contributed by atoms with Crippen molar-refractivity contribution in [1.82, 2.24) is 25.5 Å². The molecule has 6 heteroatoms. The first-order valence-electron chi connectivity index (χ1n) is 6.92. The third kappa shape index (κ3) is 2.71. The lowest BCUT2D eigenvalue weighted by atomic mass is 10.0. The number of aromatic amines is 1. The first kappa shape index (κ1) is 13.5. The van der Waals surface area contributed by atoms with Gasteiger partial charge >= 0.3 is 0 Å². The highest BCUT2D eigenvalue weighted by Crippen LogP contribution is 2.28. The average Bonchev–Trinajstić information content (AvgIpc) is 3.05. The molecule has 0 aliphatic rings. The van der Waals surface area contributed by atoms with E-state index in [0.29, 0.717) is 6.54 Å². The SMILES string of the molecule is CNC(C)c1cnc(NCc2ncn[nH]2)c2ccccc12. The van der Waals surface area contributed by atoms with E-state index in [2.05, 4.69) is 55.9 Å². The van der Waals surface area contributed by atoms with Crippen LogP contribution in [-0.2, 0) is 6.54 Å². The zero-order chi connectivity index (χ0) is 14.7. The minimum absolute atomic E-state index is 0.255. The molecule has 1 aromatic carbocycles. The summed E-state index contributed by atoms with van der Waals surface area (Å²) >= 11 is 0. The molecule has 0 radical (unpaired) electrons. The monoisotopic (exact) mass is 282 g/mol. The summed E-state index contributed by atoms with van der Waals surface area (Å²) in [6.07, 6.45) is 3.42. The Morgan fingerprint density at radius 1 is 1.19 bits per heavy atom. The van der Waals surface area contributed by atoms with Crippen molar-refractivity contribution in [3.8, 4) is 0 Å². The van der Waals surface area contributed by atoms with E-state index in [0.717, 1.165) is 17.0 Å². The van der Waals surface area contributed by atoms with Gasteiger partial charge in [0, 0.05) is 17.6 Å². The number of nitrogens with zero attached hydrogens (tertiary/aromatic N) is 3. The zero-order valence-corrected chi connectivity index (χ0v) is 12.1. The van der Waals surface area contributed by atoms with Crippen LogP contribution in [0.2, 0.25) is 0 Å². The first-order valence-corrected chi connectivity index (χ1v) is 6.92. The van der Waals surface area contributed by atoms with Crippen LogP contribution in [0.25, 0.3) is 10.8 Å². The standard InChI is InChI=1S/C15H18N6/c1-10(16-2)13-7-17-15(12-6-4-3-5-11(12)13)18-8-14-19-9-20-21-14/h3-7,9-10,16H,8H2,1-2H3,(H,17,18)(H,19,20,21). The lowest BCUT2D eigenvalue weighted by molar-refractivity contribution is 0.655. The number of hydrogen-bond donors (Lipinski definition) is 3. The third-order valence-electron chi connectivity index (χ3n) is 3.61. The van der Waals surface area contributed by atoms with E-state index < -0.39 is 0 Å². The maximum absolute atomic E-state index is 4.56. The molecule has 0 aliphatic carbocycles. The Morgan fingerprint density at radius 3 is 2.71 bits per heavy atom. The van der Waals surface area contributed by atoms with Gasteiger partial charge in [-0.25, -0.2) is 9.97 Å². The summed E-state index contributed by atoms with van der Waals surface area (Å²) in [6, 6.07) is 8.54. The molecule has 0 amide bonds. The quantitative estimate of drug-likeness (QED) is 0.669. The van der Waals surface area contributed by atoms with Crippen LogP contribution >= 0.6 is 0 Å². The first-order chi connectivity index (χ1) is 10.3. The second kappa shape index (κ2) is 5.88. The molecule has 0 saturated carbocycles. The maximum Gasteiger partial charge on any atom is 0.143 e. The van der Waals surface area contributed by atoms with Crippen molar-refractivity contribution in [1.29, 1.82) is 0 Å². The molecule has 6 nitrogen and oxygen atoms in total. The van der Waals surface area contributed by atoms with Gasteiger partial charge in [0.1, 0.15) is 18.0 Å². The van der Waals surface area contributed by atoms with Gasteiger partial charge in [-0.2, -0.15) is 5.10 Å². The van der Waals surface area contributed by atoms with Crippen molar-refractivity contribution >= 4 is 16.6 Å². The number of benzene rings is 1. The van der Waals surface area contributed by atoms with Crippen molar-refractivity contribution in [3.63, 3.8) is 0 Å². The molecular formula is C15H18N6. The molecule has 0 fully saturated rings. The summed E-state index contributed by atoms with van der Waals surface area (Å²) in [7, 11) is 1.95. The number of anilines is 1. The number of aromatic nitrogens is 4. The summed E-state index contributed by atoms with van der Waals surface area (Å²) in [5, 5.41) is 15.6. The van der Waals surface area contributed by atoms with Gasteiger partial charge in [-0.3, -0.25) is 5.10 Å². The van der Waals surface area contributed by atoms with Crippen molar-refractivity contribution in [2.75, 3.05) is 12.4 Å². The zero-order valence-electron chi connectivity index (χ0n) is 12.1. The lowest BCUT2D eigenvalue weighted by Crippen LogP contribution is -2.13. The number of nitrogens with one attached hydrogen (secondary N) is 3. The van der Waals surface area contributed by atoms with Crippen LogP contribution in [-0.4, -0.2) is 27.2 Å². The largest absolute Gasteiger partial charge is 0.362 e. The molecule has 3 rings (SSSR count). The van der Waals surface area contributed by atoms with Gasteiger partial charge in [-0.05, 0) is 24.9 Å². The maximum atomic E-state index is 4.56. The Bertz CT molecular complexity index is 722. The highest BCUT2D eigenvalue weighted by Gasteiger charge is 2.11. The molecule has 0 spiro atoms. The van der Waals surface area contributed by atoms with E-state index in [9.17, 15) is 0 Å². The summed E-state index contributed by atoms with van der Waals surface area (Å²) in [6.45, 7) is 2.70. The van der Waals surface area contributed by atoms with Crippen LogP contribution in [0.3, 0.4) is 0 Å². The Hall–Kier alpha value is -2.47. The van der Waals surface area contributed by atoms with E-state index in [1.165, 1.54) is 17.3 Å². The molecule has 2 aromatic heterocycles. The smallest absolute Gasteiger partial charge is 0.143 e. The molecule has 0 saturated heterocycles. The number of fused-ring (bicyclic) bond motifs is 1. The van der Waals surface area contributed by atoms with Gasteiger partial charge < -0.3 is 10.6 Å². The normalized spacial score (nSPS) is 12.5. The molecule has 1 atom stereocenters. The molecule has 1 unspecified atom stereocenters. The highest BCUT2D eigenvalue weighted by atomic mass is 15.2. The van der Waals surface area contributed by atoms with E-state index in [-0.39, 0.29) is 6.04 Å². The Kier molecular flexibility index (Phi) is 3.79. The minimum atomic E-state index is 0.255. The van der Waals surface area contributed by atoms with Crippen molar-refractivity contribution in [2.45, 2.75) is 19.5 Å². The molecule has 3 aromatic rings. The van der Waals surface area contributed by atoms with Gasteiger partial charge in [0.2, 0.25) is 0 Å². The number of hydrogen-bond acceptors (Lipinski definition) is 5. The van der Waals surface area contributed by atoms with Crippen molar-refractivity contribution < 1.29 is 0 Å². The summed E-state index contributed by atoms with van der Waals surface area (Å²) in [5.41, 5.74) is 1.19. The van der Waals surface area contributed by atoms with Gasteiger partial charge in [-0.1, -0.05) is 24.3 Å². The molecule has 3 N–H and O–H groups in total. The van der Waals surface area contributed by atoms with Crippen LogP contribution in [0.15, 0.2) is 36.8 Å². The van der Waals surface area contributed by atoms with Crippen LogP contribution in [0.1, 0.15) is 24.4 Å². The molecular weight excluding hydrogens is 264 g/mol. The van der Waals surface area contributed by atoms with Gasteiger partial charge in [0.15, 0.2) is 0 Å². The van der Waals surface area contributed by atoms with Crippen LogP contribution < -0.4 is 10.6 Å². The fourth-order valence-electron chi connectivity index (χ4n) is 2.34. The van der Waals surface area contributed by atoms with Crippen LogP contribution in [0.4, 0.5) is 5.82 Å². The lowest BCUT2D eigenvalue weighted by Gasteiger charge is -2.15. The van der Waals surface area contributed by atoms with Crippen molar-refractivity contribution in [3.05, 3.63) is 48.2 Å². The van der Waals surface area contributed by atoms with E-state index in [1.807, 2.05) is 19.3 Å². The number of rotatable bonds is 5. The van der Waals surface area contributed by atoms with Crippen molar-refractivity contribution in [2.24, 2.45) is 0 Å². The van der Waals surface area contributed by atoms with E-state index in [4.69, 9.17) is 0 Å². The fourth-order valence-corrected chi connectivity index (χ4v) is 2.34. The summed E-state index contributed by atoms with van der Waals surface area (Å²) in [5.74, 6) is 1.64. The predicted molar refractivity (Wildman–Crippen MR) is 82.9 cm³/mol. The predicted octanol–water partition coefficient (Wildman–Crippen LogP) is 2.25. The van der Waals surface area contributed by atoms with Crippen LogP contribution in [0, 0.1) is 0 Å². The Morgan fingerprint density at radius 2 is 2.00 bits per heavy atom. The molecule has 108 valence electrons. The summed E-state index contributed by atoms with van der Waals surface area (Å²) in [4.78, 5) is 8.67. The second-order valence-corrected chi connectivity index (χ2v) is 4.90. The Labute approximate surface area is 123 Å². The minimum Gasteiger partial charge on any atom is -0.362 e. The van der Waals surface area contributed by atoms with E-state index in [1.54, 1.807) is 0 Å². The molecule has 21 heavy (non-hydrogen) atoms. The van der Waals surface area contributed by atoms with Gasteiger partial charge in [0.25, 0.3) is 0 Å². The van der Waals surface area contributed by atoms with Gasteiger partial charge in [-0.15, -0.1) is 0 Å². The van der Waals surface area contributed by atoms with Gasteiger partial charge in [0.05, 0.1) is 6.54 Å². The summed E-state index contributed by atoms with van der Waals surface area (Å²) < 4.78 is 0. The molecule has 2 heterocycles. The Balaban J connectivity index is 1.96. The van der Waals surface area contributed by atoms with Crippen LogP contribution in [0.5, 0.6) is 0 Å². The molecule has 0 aliphatic heterocycles. The average molecular weight is 282 g/mol. The highest BCUT2D eigenvalue weighted by molar-refractivity contribution is 5.94. The topological polar surface area (TPSA) is 78.5 Å². The second-order valence-electron chi connectivity index (χ2n) is 4.90. The third-order valence-corrected chi connectivity index (χ3v) is 3.61.